The topological polar surface area (TPSA) is 65.9 Å². The van der Waals surface area contributed by atoms with Gasteiger partial charge in [-0.25, -0.2) is 0 Å². The van der Waals surface area contributed by atoms with E-state index >= 15 is 0 Å². The Labute approximate surface area is 152 Å². The molecule has 0 radical (unpaired) electrons. The first-order valence-electron chi connectivity index (χ1n) is 8.45. The molecule has 0 amide bonds. The van der Waals surface area contributed by atoms with Gasteiger partial charge >= 0.3 is 0 Å². The van der Waals surface area contributed by atoms with Crippen LogP contribution in [0.3, 0.4) is 0 Å². The molecule has 0 spiro atoms. The molecule has 6 heteroatoms. The molecule has 132 valence electrons. The van der Waals surface area contributed by atoms with Crippen LogP contribution in [0, 0.1) is 5.92 Å². The van der Waals surface area contributed by atoms with E-state index in [0.717, 1.165) is 57.4 Å². The zero-order valence-electron chi connectivity index (χ0n) is 14.4. The first-order chi connectivity index (χ1) is 10.1. The molecule has 1 aliphatic carbocycles. The van der Waals surface area contributed by atoms with Crippen molar-refractivity contribution in [2.24, 2.45) is 10.9 Å². The highest BCUT2D eigenvalue weighted by Crippen LogP contribution is 2.28. The number of guanidine groups is 1. The maximum Gasteiger partial charge on any atom is 0.191 e. The second-order valence-corrected chi connectivity index (χ2v) is 5.93. The van der Waals surface area contributed by atoms with Crippen molar-refractivity contribution in [1.29, 1.82) is 0 Å². The van der Waals surface area contributed by atoms with Crippen molar-refractivity contribution in [2.45, 2.75) is 58.5 Å². The lowest BCUT2D eigenvalue weighted by Crippen LogP contribution is -2.40. The van der Waals surface area contributed by atoms with Crippen molar-refractivity contribution in [3.8, 4) is 0 Å². The number of aliphatic hydroxyl groups is 1. The van der Waals surface area contributed by atoms with Gasteiger partial charge in [0.15, 0.2) is 5.96 Å². The van der Waals surface area contributed by atoms with Gasteiger partial charge in [-0.3, -0.25) is 4.99 Å². The predicted molar refractivity (Wildman–Crippen MR) is 103 cm³/mol. The standard InChI is InChI=1S/C16H33N3O2.HI/c1-4-16(20,5-2)13-19-15(17-6-3)18-10-7-11-21-12-14-8-9-14;/h14,20H,4-13H2,1-3H3,(H2,17,18,19);1H. The SMILES string of the molecule is CCNC(=NCC(O)(CC)CC)NCCCOCC1CC1.I. The second-order valence-electron chi connectivity index (χ2n) is 5.93. The Morgan fingerprint density at radius 1 is 1.23 bits per heavy atom. The molecular formula is C16H34IN3O2. The van der Waals surface area contributed by atoms with E-state index < -0.39 is 5.60 Å². The number of hydrogen-bond donors (Lipinski definition) is 3. The molecule has 1 rings (SSSR count). The Hall–Kier alpha value is -0.0800. The van der Waals surface area contributed by atoms with Gasteiger partial charge in [-0.15, -0.1) is 24.0 Å². The number of aliphatic imine (C=N–C) groups is 1. The van der Waals surface area contributed by atoms with Crippen LogP contribution in [-0.4, -0.2) is 49.5 Å². The van der Waals surface area contributed by atoms with E-state index in [1.807, 2.05) is 20.8 Å². The minimum absolute atomic E-state index is 0. The van der Waals surface area contributed by atoms with Gasteiger partial charge in [0.25, 0.3) is 0 Å². The maximum absolute atomic E-state index is 10.3. The summed E-state index contributed by atoms with van der Waals surface area (Å²) in [5.41, 5.74) is -0.685. The van der Waals surface area contributed by atoms with Crippen molar-refractivity contribution in [3.05, 3.63) is 0 Å². The monoisotopic (exact) mass is 427 g/mol. The van der Waals surface area contributed by atoms with Gasteiger partial charge in [0.1, 0.15) is 0 Å². The minimum Gasteiger partial charge on any atom is -0.388 e. The molecule has 22 heavy (non-hydrogen) atoms. The summed E-state index contributed by atoms with van der Waals surface area (Å²) in [5, 5.41) is 16.8. The summed E-state index contributed by atoms with van der Waals surface area (Å²) in [5.74, 6) is 1.61. The van der Waals surface area contributed by atoms with Crippen LogP contribution in [0.1, 0.15) is 52.9 Å². The van der Waals surface area contributed by atoms with Crippen LogP contribution < -0.4 is 10.6 Å². The average Bonchev–Trinajstić information content (AvgIpc) is 3.32. The van der Waals surface area contributed by atoms with Crippen LogP contribution in [0.5, 0.6) is 0 Å². The Morgan fingerprint density at radius 2 is 1.91 bits per heavy atom. The molecule has 5 nitrogen and oxygen atoms in total. The van der Waals surface area contributed by atoms with Gasteiger partial charge in [0.2, 0.25) is 0 Å². The Morgan fingerprint density at radius 3 is 2.45 bits per heavy atom. The summed E-state index contributed by atoms with van der Waals surface area (Å²) < 4.78 is 5.61. The molecule has 0 saturated heterocycles. The van der Waals surface area contributed by atoms with E-state index in [1.54, 1.807) is 0 Å². The fraction of sp³-hybridized carbons (Fsp3) is 0.938. The van der Waals surface area contributed by atoms with Gasteiger partial charge in [0, 0.05) is 26.3 Å². The minimum atomic E-state index is -0.685. The van der Waals surface area contributed by atoms with Gasteiger partial charge < -0.3 is 20.5 Å². The molecule has 0 bridgehead atoms. The van der Waals surface area contributed by atoms with E-state index in [4.69, 9.17) is 4.74 Å². The maximum atomic E-state index is 10.3. The van der Waals surface area contributed by atoms with Crippen LogP contribution >= 0.6 is 24.0 Å². The summed E-state index contributed by atoms with van der Waals surface area (Å²) in [4.78, 5) is 4.49. The molecule has 0 aromatic heterocycles. The summed E-state index contributed by atoms with van der Waals surface area (Å²) in [6.45, 7) is 9.86. The number of hydrogen-bond acceptors (Lipinski definition) is 3. The van der Waals surface area contributed by atoms with E-state index in [9.17, 15) is 5.11 Å². The van der Waals surface area contributed by atoms with E-state index in [2.05, 4.69) is 15.6 Å². The lowest BCUT2D eigenvalue weighted by molar-refractivity contribution is 0.0418. The molecule has 1 saturated carbocycles. The Bertz CT molecular complexity index is 306. The zero-order chi connectivity index (χ0) is 15.6. The first-order valence-corrected chi connectivity index (χ1v) is 8.45. The van der Waals surface area contributed by atoms with E-state index in [1.165, 1.54) is 12.8 Å². The number of ether oxygens (including phenoxy) is 1. The third-order valence-electron chi connectivity index (χ3n) is 4.00. The molecule has 0 aromatic carbocycles. The van der Waals surface area contributed by atoms with Crippen LogP contribution in [0.4, 0.5) is 0 Å². The van der Waals surface area contributed by atoms with E-state index in [-0.39, 0.29) is 24.0 Å². The van der Waals surface area contributed by atoms with Crippen LogP contribution in [0.2, 0.25) is 0 Å². The molecule has 0 unspecified atom stereocenters. The van der Waals surface area contributed by atoms with Crippen LogP contribution in [0.15, 0.2) is 4.99 Å². The molecule has 0 atom stereocenters. The number of nitrogens with one attached hydrogen (secondary N) is 2. The van der Waals surface area contributed by atoms with E-state index in [0.29, 0.717) is 6.54 Å². The molecule has 3 N–H and O–H groups in total. The third kappa shape index (κ3) is 9.84. The molecule has 0 aromatic rings. The Balaban J connectivity index is 0.00000441. The van der Waals surface area contributed by atoms with Gasteiger partial charge in [-0.05, 0) is 44.9 Å². The highest BCUT2D eigenvalue weighted by Gasteiger charge is 2.22. The van der Waals surface area contributed by atoms with Crippen molar-refractivity contribution in [1.82, 2.24) is 10.6 Å². The normalized spacial score (nSPS) is 15.4. The number of rotatable bonds is 11. The molecule has 0 aliphatic heterocycles. The zero-order valence-corrected chi connectivity index (χ0v) is 16.7. The van der Waals surface area contributed by atoms with Gasteiger partial charge in [-0.1, -0.05) is 13.8 Å². The first kappa shape index (κ1) is 21.9. The molecule has 0 heterocycles. The second kappa shape index (κ2) is 12.4. The van der Waals surface area contributed by atoms with Crippen molar-refractivity contribution < 1.29 is 9.84 Å². The van der Waals surface area contributed by atoms with Crippen molar-refractivity contribution in [2.75, 3.05) is 32.8 Å². The summed E-state index contributed by atoms with van der Waals surface area (Å²) >= 11 is 0. The number of nitrogens with zero attached hydrogens (tertiary/aromatic N) is 1. The lowest BCUT2D eigenvalue weighted by atomic mass is 9.98. The molecule has 1 fully saturated rings. The predicted octanol–water partition coefficient (Wildman–Crippen LogP) is 2.53. The van der Waals surface area contributed by atoms with Crippen LogP contribution in [0.25, 0.3) is 0 Å². The van der Waals surface area contributed by atoms with Gasteiger partial charge in [-0.2, -0.15) is 0 Å². The lowest BCUT2D eigenvalue weighted by Gasteiger charge is -2.23. The number of halogens is 1. The largest absolute Gasteiger partial charge is 0.388 e. The fourth-order valence-corrected chi connectivity index (χ4v) is 1.96. The highest BCUT2D eigenvalue weighted by molar-refractivity contribution is 14.0. The highest BCUT2D eigenvalue weighted by atomic mass is 127. The molecular weight excluding hydrogens is 393 g/mol. The quantitative estimate of drug-likeness (QED) is 0.205. The smallest absolute Gasteiger partial charge is 0.191 e. The fourth-order valence-electron chi connectivity index (χ4n) is 1.96. The summed E-state index contributed by atoms with van der Waals surface area (Å²) in [6, 6.07) is 0. The average molecular weight is 427 g/mol. The summed E-state index contributed by atoms with van der Waals surface area (Å²) in [6.07, 6.45) is 5.10. The molecule has 1 aliphatic rings. The van der Waals surface area contributed by atoms with Crippen molar-refractivity contribution >= 4 is 29.9 Å². The van der Waals surface area contributed by atoms with Gasteiger partial charge in [0.05, 0.1) is 12.1 Å². The summed E-state index contributed by atoms with van der Waals surface area (Å²) in [7, 11) is 0. The Kier molecular flexibility index (Phi) is 12.3. The van der Waals surface area contributed by atoms with Crippen LogP contribution in [-0.2, 0) is 4.74 Å². The van der Waals surface area contributed by atoms with Crippen molar-refractivity contribution in [3.63, 3.8) is 0 Å². The third-order valence-corrected chi connectivity index (χ3v) is 4.00.